The monoisotopic (exact) mass is 279 g/mol. The Morgan fingerprint density at radius 3 is 2.67 bits per heavy atom. The van der Waals surface area contributed by atoms with Crippen LogP contribution in [-0.4, -0.2) is 16.6 Å². The van der Waals surface area contributed by atoms with Crippen LogP contribution >= 0.6 is 0 Å². The molecule has 106 valence electrons. The van der Waals surface area contributed by atoms with E-state index in [0.29, 0.717) is 0 Å². The lowest BCUT2D eigenvalue weighted by Gasteiger charge is -2.08. The van der Waals surface area contributed by atoms with Gasteiger partial charge in [-0.2, -0.15) is 0 Å². The van der Waals surface area contributed by atoms with Gasteiger partial charge in [0, 0.05) is 17.1 Å². The van der Waals surface area contributed by atoms with Crippen LogP contribution in [0.1, 0.15) is 13.3 Å². The molecule has 0 aliphatic rings. The summed E-state index contributed by atoms with van der Waals surface area (Å²) in [5.74, 6) is 1.17. The Hall–Kier alpha value is -2.62. The molecule has 3 aromatic rings. The maximum atomic E-state index is 5.71. The zero-order valence-corrected chi connectivity index (χ0v) is 11.9. The molecule has 0 saturated carbocycles. The van der Waals surface area contributed by atoms with Crippen LogP contribution in [-0.2, 0) is 0 Å². The predicted molar refractivity (Wildman–Crippen MR) is 85.2 cm³/mol. The topological polar surface area (TPSA) is 61.0 Å². The van der Waals surface area contributed by atoms with E-state index in [1.807, 2.05) is 42.5 Å². The molecule has 0 radical (unpaired) electrons. The molecule has 2 N–H and O–H groups in total. The SMILES string of the molecule is CCCOc1ccc(-c2cccc3cnc(N)nc23)cc1. The second kappa shape index (κ2) is 5.79. The van der Waals surface area contributed by atoms with Gasteiger partial charge in [0.15, 0.2) is 0 Å². The number of hydrogen-bond donors (Lipinski definition) is 1. The van der Waals surface area contributed by atoms with Crippen molar-refractivity contribution < 1.29 is 4.74 Å². The third-order valence-electron chi connectivity index (χ3n) is 3.27. The fourth-order valence-corrected chi connectivity index (χ4v) is 2.25. The van der Waals surface area contributed by atoms with Gasteiger partial charge in [0.25, 0.3) is 0 Å². The maximum absolute atomic E-state index is 5.71. The Morgan fingerprint density at radius 1 is 1.10 bits per heavy atom. The van der Waals surface area contributed by atoms with Crippen LogP contribution in [0.2, 0.25) is 0 Å². The Bertz CT molecular complexity index is 754. The first-order valence-corrected chi connectivity index (χ1v) is 7.02. The molecule has 4 nitrogen and oxygen atoms in total. The lowest BCUT2D eigenvalue weighted by molar-refractivity contribution is 0.317. The van der Waals surface area contributed by atoms with Gasteiger partial charge in [-0.15, -0.1) is 0 Å². The van der Waals surface area contributed by atoms with Crippen molar-refractivity contribution in [3.05, 3.63) is 48.7 Å². The number of rotatable bonds is 4. The summed E-state index contributed by atoms with van der Waals surface area (Å²) in [6, 6.07) is 14.1. The second-order valence-electron chi connectivity index (χ2n) is 4.84. The maximum Gasteiger partial charge on any atom is 0.220 e. The van der Waals surface area contributed by atoms with Crippen molar-refractivity contribution in [1.82, 2.24) is 9.97 Å². The number of nitrogens with two attached hydrogens (primary N) is 1. The predicted octanol–water partition coefficient (Wildman–Crippen LogP) is 3.67. The van der Waals surface area contributed by atoms with Gasteiger partial charge in [0.05, 0.1) is 12.1 Å². The summed E-state index contributed by atoms with van der Waals surface area (Å²) in [6.07, 6.45) is 2.75. The Labute approximate surface area is 123 Å². The van der Waals surface area contributed by atoms with Crippen molar-refractivity contribution in [2.24, 2.45) is 0 Å². The molecule has 3 rings (SSSR count). The molecule has 0 saturated heterocycles. The summed E-state index contributed by atoms with van der Waals surface area (Å²) in [5.41, 5.74) is 8.71. The minimum absolute atomic E-state index is 0.290. The first kappa shape index (κ1) is 13.4. The fourth-order valence-electron chi connectivity index (χ4n) is 2.25. The molecule has 1 aromatic heterocycles. The van der Waals surface area contributed by atoms with E-state index in [0.717, 1.165) is 40.8 Å². The Morgan fingerprint density at radius 2 is 1.90 bits per heavy atom. The molecular weight excluding hydrogens is 262 g/mol. The lowest BCUT2D eigenvalue weighted by atomic mass is 10.0. The molecule has 0 unspecified atom stereocenters. The van der Waals surface area contributed by atoms with Crippen LogP contribution in [0.25, 0.3) is 22.0 Å². The van der Waals surface area contributed by atoms with Gasteiger partial charge in [0.1, 0.15) is 5.75 Å². The summed E-state index contributed by atoms with van der Waals surface area (Å²) in [7, 11) is 0. The quantitative estimate of drug-likeness (QED) is 0.791. The van der Waals surface area contributed by atoms with Gasteiger partial charge in [-0.3, -0.25) is 0 Å². The van der Waals surface area contributed by atoms with Gasteiger partial charge >= 0.3 is 0 Å². The summed E-state index contributed by atoms with van der Waals surface area (Å²) in [4.78, 5) is 8.40. The van der Waals surface area contributed by atoms with Crippen molar-refractivity contribution >= 4 is 16.9 Å². The molecular formula is C17H17N3O. The van der Waals surface area contributed by atoms with Crippen LogP contribution < -0.4 is 10.5 Å². The number of ether oxygens (including phenoxy) is 1. The molecule has 0 spiro atoms. The summed E-state index contributed by atoms with van der Waals surface area (Å²) in [5, 5.41) is 0.980. The standard InChI is InChI=1S/C17H17N3O/c1-2-10-21-14-8-6-12(7-9-14)15-5-3-4-13-11-19-17(18)20-16(13)15/h3-9,11H,2,10H2,1H3,(H2,18,19,20). The van der Waals surface area contributed by atoms with Gasteiger partial charge in [0.2, 0.25) is 5.95 Å². The molecule has 0 atom stereocenters. The highest BCUT2D eigenvalue weighted by molar-refractivity contribution is 5.93. The fraction of sp³-hybridized carbons (Fsp3) is 0.176. The van der Waals surface area contributed by atoms with Gasteiger partial charge < -0.3 is 10.5 Å². The van der Waals surface area contributed by atoms with E-state index in [-0.39, 0.29) is 5.95 Å². The van der Waals surface area contributed by atoms with Gasteiger partial charge in [-0.05, 0) is 24.1 Å². The summed E-state index contributed by atoms with van der Waals surface area (Å²) < 4.78 is 5.61. The summed E-state index contributed by atoms with van der Waals surface area (Å²) in [6.45, 7) is 2.83. The number of benzene rings is 2. The van der Waals surface area contributed by atoms with Crippen LogP contribution in [0.3, 0.4) is 0 Å². The smallest absolute Gasteiger partial charge is 0.220 e. The molecule has 0 aliphatic carbocycles. The van der Waals surface area contributed by atoms with Crippen LogP contribution in [0.15, 0.2) is 48.7 Å². The van der Waals surface area contributed by atoms with Crippen molar-refractivity contribution in [3.63, 3.8) is 0 Å². The highest BCUT2D eigenvalue weighted by atomic mass is 16.5. The van der Waals surface area contributed by atoms with Crippen molar-refractivity contribution in [2.75, 3.05) is 12.3 Å². The number of nitrogen functional groups attached to an aromatic ring is 1. The largest absolute Gasteiger partial charge is 0.494 e. The zero-order chi connectivity index (χ0) is 14.7. The van der Waals surface area contributed by atoms with E-state index in [1.54, 1.807) is 6.20 Å². The third-order valence-corrected chi connectivity index (χ3v) is 3.27. The van der Waals surface area contributed by atoms with Crippen LogP contribution in [0.5, 0.6) is 5.75 Å². The van der Waals surface area contributed by atoms with Crippen molar-refractivity contribution in [1.29, 1.82) is 0 Å². The lowest BCUT2D eigenvalue weighted by Crippen LogP contribution is -1.96. The molecule has 0 fully saturated rings. The number of fused-ring (bicyclic) bond motifs is 1. The number of hydrogen-bond acceptors (Lipinski definition) is 4. The highest BCUT2D eigenvalue weighted by Gasteiger charge is 2.06. The van der Waals surface area contributed by atoms with Gasteiger partial charge in [-0.25, -0.2) is 9.97 Å². The number of anilines is 1. The molecule has 4 heteroatoms. The first-order valence-electron chi connectivity index (χ1n) is 7.02. The normalized spacial score (nSPS) is 10.7. The van der Waals surface area contributed by atoms with E-state index in [4.69, 9.17) is 10.5 Å². The highest BCUT2D eigenvalue weighted by Crippen LogP contribution is 2.28. The van der Waals surface area contributed by atoms with Crippen molar-refractivity contribution in [2.45, 2.75) is 13.3 Å². The summed E-state index contributed by atoms with van der Waals surface area (Å²) >= 11 is 0. The molecule has 0 bridgehead atoms. The van der Waals surface area contributed by atoms with E-state index in [1.165, 1.54) is 0 Å². The van der Waals surface area contributed by atoms with E-state index in [9.17, 15) is 0 Å². The molecule has 21 heavy (non-hydrogen) atoms. The molecule has 1 heterocycles. The average Bonchev–Trinajstić information content (AvgIpc) is 2.53. The zero-order valence-electron chi connectivity index (χ0n) is 11.9. The van der Waals surface area contributed by atoms with Crippen molar-refractivity contribution in [3.8, 4) is 16.9 Å². The number of nitrogens with zero attached hydrogens (tertiary/aromatic N) is 2. The Balaban J connectivity index is 2.02. The number of aromatic nitrogens is 2. The van der Waals surface area contributed by atoms with Gasteiger partial charge in [-0.1, -0.05) is 37.3 Å². The van der Waals surface area contributed by atoms with Crippen LogP contribution in [0, 0.1) is 0 Å². The number of para-hydroxylation sites is 1. The molecule has 0 amide bonds. The minimum Gasteiger partial charge on any atom is -0.494 e. The Kier molecular flexibility index (Phi) is 3.69. The minimum atomic E-state index is 0.290. The molecule has 2 aromatic carbocycles. The van der Waals surface area contributed by atoms with E-state index < -0.39 is 0 Å². The van der Waals surface area contributed by atoms with E-state index >= 15 is 0 Å². The van der Waals surface area contributed by atoms with E-state index in [2.05, 4.69) is 16.9 Å². The van der Waals surface area contributed by atoms with Crippen LogP contribution in [0.4, 0.5) is 5.95 Å². The second-order valence-corrected chi connectivity index (χ2v) is 4.84. The third kappa shape index (κ3) is 2.79. The average molecular weight is 279 g/mol. The molecule has 0 aliphatic heterocycles. The first-order chi connectivity index (χ1) is 10.3.